The van der Waals surface area contributed by atoms with Crippen LogP contribution in [0.1, 0.15) is 37.7 Å². The van der Waals surface area contributed by atoms with E-state index < -0.39 is 17.5 Å². The van der Waals surface area contributed by atoms with Crippen molar-refractivity contribution in [1.82, 2.24) is 30.2 Å². The summed E-state index contributed by atoms with van der Waals surface area (Å²) in [4.78, 5) is 22.7. The lowest BCUT2D eigenvalue weighted by Crippen LogP contribution is -2.60. The third-order valence-corrected chi connectivity index (χ3v) is 10.0. The number of nitrogen functional groups attached to an aromatic ring is 1. The molecule has 216 valence electrons. The largest absolute Gasteiger partial charge is 0.475 e. The van der Waals surface area contributed by atoms with Crippen molar-refractivity contribution in [3.63, 3.8) is 0 Å². The molecule has 3 N–H and O–H groups in total. The maximum absolute atomic E-state index is 16.5. The van der Waals surface area contributed by atoms with Gasteiger partial charge in [0.2, 0.25) is 5.88 Å². The molecule has 0 spiro atoms. The van der Waals surface area contributed by atoms with Crippen LogP contribution in [-0.4, -0.2) is 87.5 Å². The zero-order chi connectivity index (χ0) is 28.0. The van der Waals surface area contributed by atoms with Crippen molar-refractivity contribution in [2.75, 3.05) is 43.5 Å². The Kier molecular flexibility index (Phi) is 5.75. The summed E-state index contributed by atoms with van der Waals surface area (Å²) in [6.07, 6.45) is 3.43. The lowest BCUT2D eigenvalue weighted by atomic mass is 9.95. The van der Waals surface area contributed by atoms with Gasteiger partial charge in [-0.3, -0.25) is 4.90 Å². The number of alkyl halides is 1. The molecule has 41 heavy (non-hydrogen) atoms. The Morgan fingerprint density at radius 1 is 1.22 bits per heavy atom. The fraction of sp³-hybridized carbons (Fsp3) is 0.571. The van der Waals surface area contributed by atoms with Gasteiger partial charge in [-0.2, -0.15) is 9.97 Å². The Morgan fingerprint density at radius 2 is 2.10 bits per heavy atom. The number of nitrogens with two attached hydrogens (primary N) is 1. The molecule has 5 aliphatic rings. The van der Waals surface area contributed by atoms with E-state index in [9.17, 15) is 4.39 Å². The summed E-state index contributed by atoms with van der Waals surface area (Å²) in [5, 5.41) is 4.32. The number of halogens is 3. The second-order valence-corrected chi connectivity index (χ2v) is 12.5. The molecule has 2 bridgehead atoms. The second kappa shape index (κ2) is 9.20. The lowest BCUT2D eigenvalue weighted by molar-refractivity contribution is 0.107. The van der Waals surface area contributed by atoms with Crippen LogP contribution in [0.3, 0.4) is 0 Å². The van der Waals surface area contributed by atoms with Gasteiger partial charge in [-0.15, -0.1) is 0 Å². The summed E-state index contributed by atoms with van der Waals surface area (Å²) in [7, 11) is 0. The number of anilines is 2. The molecule has 0 aromatic carbocycles. The molecule has 0 saturated carbocycles. The number of aryl methyl sites for hydroxylation is 1. The molecule has 5 aliphatic heterocycles. The topological polar surface area (TPSA) is 115 Å². The summed E-state index contributed by atoms with van der Waals surface area (Å²) in [6, 6.07) is 2.16. The lowest BCUT2D eigenvalue weighted by Gasteiger charge is -2.40. The van der Waals surface area contributed by atoms with Gasteiger partial charge in [-0.05, 0) is 50.8 Å². The fourth-order valence-corrected chi connectivity index (χ4v) is 7.81. The number of aromatic nitrogens is 4. The molecule has 10 nitrogen and oxygen atoms in total. The Balaban J connectivity index is 1.29. The third-order valence-electron chi connectivity index (χ3n) is 9.55. The highest BCUT2D eigenvalue weighted by molar-refractivity contribution is 6.33. The normalized spacial score (nSPS) is 30.3. The Hall–Kier alpha value is -3.09. The van der Waals surface area contributed by atoms with Gasteiger partial charge in [0.1, 0.15) is 53.3 Å². The summed E-state index contributed by atoms with van der Waals surface area (Å²) in [6.45, 7) is 4.31. The summed E-state index contributed by atoms with van der Waals surface area (Å²) in [5.41, 5.74) is 6.30. The van der Waals surface area contributed by atoms with E-state index in [1.54, 1.807) is 13.0 Å². The van der Waals surface area contributed by atoms with Gasteiger partial charge < -0.3 is 25.4 Å². The molecular weight excluding hydrogens is 554 g/mol. The molecule has 0 amide bonds. The van der Waals surface area contributed by atoms with Crippen LogP contribution in [0.15, 0.2) is 6.07 Å². The number of nitrogens with zero attached hydrogens (tertiary/aromatic N) is 6. The fourth-order valence-electron chi connectivity index (χ4n) is 7.63. The standard InChI is InChI=1S/C28H31ClF2N8O2/c1-13-7-18(32)34-23(20(13)29)24-21(31)22-19-25(39-10-15-3-4-16(33-15)17(39)11-40-26(19)35-24)37-27(36-22)41-12-28-5-2-6-38(28)9-14(30)8-28/h7,14-17,33H,2-6,8-12H2,1H3,(H2,32,34)/t14-,15-,16+,17-,28+/m1/s1. The summed E-state index contributed by atoms with van der Waals surface area (Å²) < 4.78 is 43.5. The first kappa shape index (κ1) is 25.6. The van der Waals surface area contributed by atoms with Crippen molar-refractivity contribution in [3.8, 4) is 23.3 Å². The molecule has 0 unspecified atom stereocenters. The second-order valence-electron chi connectivity index (χ2n) is 12.1. The van der Waals surface area contributed by atoms with Gasteiger partial charge in [0, 0.05) is 31.6 Å². The van der Waals surface area contributed by atoms with Gasteiger partial charge in [-0.1, -0.05) is 11.6 Å². The van der Waals surface area contributed by atoms with E-state index in [1.807, 2.05) is 0 Å². The van der Waals surface area contributed by atoms with Crippen molar-refractivity contribution in [1.29, 1.82) is 0 Å². The number of ether oxygens (including phenoxy) is 2. The number of pyridine rings is 2. The van der Waals surface area contributed by atoms with E-state index in [0.29, 0.717) is 48.9 Å². The Morgan fingerprint density at radius 3 is 2.98 bits per heavy atom. The predicted molar refractivity (Wildman–Crippen MR) is 150 cm³/mol. The molecular formula is C28H31ClF2N8O2. The van der Waals surface area contributed by atoms with E-state index in [1.165, 1.54) is 0 Å². The molecule has 5 atom stereocenters. The van der Waals surface area contributed by atoms with E-state index >= 15 is 4.39 Å². The van der Waals surface area contributed by atoms with E-state index in [4.69, 9.17) is 31.8 Å². The van der Waals surface area contributed by atoms with Crippen molar-refractivity contribution < 1.29 is 18.3 Å². The van der Waals surface area contributed by atoms with Crippen LogP contribution in [0, 0.1) is 12.7 Å². The average molecular weight is 585 g/mol. The minimum atomic E-state index is -0.886. The van der Waals surface area contributed by atoms with Gasteiger partial charge in [0.25, 0.3) is 0 Å². The highest BCUT2D eigenvalue weighted by Crippen LogP contribution is 2.44. The Labute approximate surface area is 240 Å². The zero-order valence-electron chi connectivity index (χ0n) is 22.7. The monoisotopic (exact) mass is 584 g/mol. The third kappa shape index (κ3) is 3.94. The first-order valence-electron chi connectivity index (χ1n) is 14.3. The number of fused-ring (bicyclic) bond motifs is 6. The minimum Gasteiger partial charge on any atom is -0.475 e. The highest BCUT2D eigenvalue weighted by Gasteiger charge is 2.50. The number of nitrogens with one attached hydrogen (secondary N) is 1. The van der Waals surface area contributed by atoms with E-state index in [-0.39, 0.29) is 58.3 Å². The zero-order valence-corrected chi connectivity index (χ0v) is 23.4. The number of hydrogen-bond acceptors (Lipinski definition) is 10. The summed E-state index contributed by atoms with van der Waals surface area (Å²) in [5.74, 6) is 0.252. The molecule has 4 saturated heterocycles. The molecule has 13 heteroatoms. The van der Waals surface area contributed by atoms with Gasteiger partial charge >= 0.3 is 6.01 Å². The molecule has 3 aromatic heterocycles. The Bertz CT molecular complexity index is 1580. The van der Waals surface area contributed by atoms with Crippen LogP contribution >= 0.6 is 11.6 Å². The van der Waals surface area contributed by atoms with Gasteiger partial charge in [-0.25, -0.2) is 18.7 Å². The molecule has 8 rings (SSSR count). The highest BCUT2D eigenvalue weighted by atomic mass is 35.5. The van der Waals surface area contributed by atoms with Crippen molar-refractivity contribution in [3.05, 3.63) is 22.5 Å². The predicted octanol–water partition coefficient (Wildman–Crippen LogP) is 3.43. The molecule has 0 radical (unpaired) electrons. The van der Waals surface area contributed by atoms with Crippen LogP contribution < -0.4 is 25.4 Å². The van der Waals surface area contributed by atoms with Crippen LogP contribution in [0.25, 0.3) is 22.3 Å². The smallest absolute Gasteiger partial charge is 0.319 e. The van der Waals surface area contributed by atoms with Crippen molar-refractivity contribution in [2.24, 2.45) is 0 Å². The van der Waals surface area contributed by atoms with Crippen LogP contribution in [0.4, 0.5) is 20.4 Å². The van der Waals surface area contributed by atoms with Gasteiger partial charge in [0.15, 0.2) is 5.82 Å². The van der Waals surface area contributed by atoms with Crippen molar-refractivity contribution >= 4 is 34.1 Å². The average Bonchev–Trinajstić information content (AvgIpc) is 3.58. The van der Waals surface area contributed by atoms with Crippen molar-refractivity contribution in [2.45, 2.75) is 68.9 Å². The first-order chi connectivity index (χ1) is 19.8. The maximum Gasteiger partial charge on any atom is 0.319 e. The molecule has 8 heterocycles. The SMILES string of the molecule is Cc1cc(N)nc(-c2nc3c4c(nc(OC[C@@]56CCCN5C[C@H](F)C6)nc4c2F)N2C[C@H]4CC[C@H](N4)[C@H]2CO3)c1Cl. The van der Waals surface area contributed by atoms with Crippen LogP contribution in [0.2, 0.25) is 5.02 Å². The quantitative estimate of drug-likeness (QED) is 0.473. The summed E-state index contributed by atoms with van der Waals surface area (Å²) >= 11 is 6.58. The number of piperazine rings is 1. The molecule has 3 aromatic rings. The molecule has 0 aliphatic carbocycles. The van der Waals surface area contributed by atoms with E-state index in [2.05, 4.69) is 30.1 Å². The number of rotatable bonds is 4. The molecule has 4 fully saturated rings. The van der Waals surface area contributed by atoms with Gasteiger partial charge in [0.05, 0.1) is 16.6 Å². The van der Waals surface area contributed by atoms with Crippen LogP contribution in [-0.2, 0) is 0 Å². The van der Waals surface area contributed by atoms with E-state index in [0.717, 1.165) is 32.2 Å². The van der Waals surface area contributed by atoms with Crippen LogP contribution in [0.5, 0.6) is 11.9 Å². The minimum absolute atomic E-state index is 0.0186. The first-order valence-corrected chi connectivity index (χ1v) is 14.7. The maximum atomic E-state index is 16.5. The number of hydrogen-bond donors (Lipinski definition) is 2.